The molecule has 1 aliphatic heterocycles. The van der Waals surface area contributed by atoms with E-state index < -0.39 is 0 Å². The summed E-state index contributed by atoms with van der Waals surface area (Å²) >= 11 is 0. The van der Waals surface area contributed by atoms with Gasteiger partial charge < -0.3 is 10.6 Å². The summed E-state index contributed by atoms with van der Waals surface area (Å²) in [5.41, 5.74) is 7.94. The van der Waals surface area contributed by atoms with Gasteiger partial charge in [0, 0.05) is 24.7 Å². The zero-order valence-corrected chi connectivity index (χ0v) is 14.2. The Labute approximate surface area is 141 Å². The number of H-pyrrole nitrogens is 1. The number of nitrogens with zero attached hydrogens (tertiary/aromatic N) is 2. The molecule has 2 heterocycles. The minimum atomic E-state index is -0.239. The van der Waals surface area contributed by atoms with E-state index in [1.165, 1.54) is 10.7 Å². The Balaban J connectivity index is 1.90. The van der Waals surface area contributed by atoms with Crippen LogP contribution in [0.5, 0.6) is 0 Å². The predicted molar refractivity (Wildman–Crippen MR) is 93.5 cm³/mol. The molecule has 1 fully saturated rings. The van der Waals surface area contributed by atoms with Crippen LogP contribution in [0, 0.1) is 6.92 Å². The highest BCUT2D eigenvalue weighted by molar-refractivity contribution is 5.92. The van der Waals surface area contributed by atoms with Crippen LogP contribution in [0.2, 0.25) is 0 Å². The second kappa shape index (κ2) is 6.65. The number of nitrogens with one attached hydrogen (secondary N) is 1. The van der Waals surface area contributed by atoms with Gasteiger partial charge in [-0.1, -0.05) is 17.7 Å². The van der Waals surface area contributed by atoms with Crippen LogP contribution in [0.25, 0.3) is 5.69 Å². The number of carbonyl (C=O) groups excluding carboxylic acids is 1. The van der Waals surface area contributed by atoms with E-state index >= 15 is 0 Å². The number of rotatable bonds is 3. The van der Waals surface area contributed by atoms with Gasteiger partial charge in [-0.3, -0.25) is 14.7 Å². The van der Waals surface area contributed by atoms with Gasteiger partial charge in [0.25, 0.3) is 11.5 Å². The molecular weight excluding hydrogens is 304 g/mol. The van der Waals surface area contributed by atoms with Crippen LogP contribution in [-0.4, -0.2) is 39.2 Å². The summed E-state index contributed by atoms with van der Waals surface area (Å²) in [6.45, 7) is 4.60. The van der Waals surface area contributed by atoms with Gasteiger partial charge in [-0.15, -0.1) is 0 Å². The summed E-state index contributed by atoms with van der Waals surface area (Å²) in [5, 5.41) is 2.95. The van der Waals surface area contributed by atoms with E-state index in [9.17, 15) is 9.59 Å². The highest BCUT2D eigenvalue weighted by Gasteiger charge is 2.30. The summed E-state index contributed by atoms with van der Waals surface area (Å²) in [6.07, 6.45) is 2.96. The zero-order chi connectivity index (χ0) is 17.3. The Morgan fingerprint density at radius 3 is 2.67 bits per heavy atom. The second-order valence-corrected chi connectivity index (χ2v) is 6.60. The molecule has 1 aromatic heterocycles. The van der Waals surface area contributed by atoms with Crippen molar-refractivity contribution >= 4 is 5.91 Å². The number of benzene rings is 1. The lowest BCUT2D eigenvalue weighted by molar-refractivity contribution is 0.0577. The van der Waals surface area contributed by atoms with Crippen molar-refractivity contribution in [3.8, 4) is 5.69 Å². The number of hydrogen-bond acceptors (Lipinski definition) is 3. The molecule has 0 bridgehead atoms. The van der Waals surface area contributed by atoms with Crippen LogP contribution in [0.1, 0.15) is 42.2 Å². The molecule has 3 N–H and O–H groups in total. The van der Waals surface area contributed by atoms with Gasteiger partial charge in [0.05, 0.1) is 5.69 Å². The Morgan fingerprint density at radius 1 is 1.29 bits per heavy atom. The number of carbonyl (C=O) groups is 1. The maximum atomic E-state index is 12.9. The molecule has 3 rings (SSSR count). The summed E-state index contributed by atoms with van der Waals surface area (Å²) in [6, 6.07) is 8.88. The summed E-state index contributed by atoms with van der Waals surface area (Å²) < 4.78 is 1.40. The van der Waals surface area contributed by atoms with Crippen LogP contribution in [0.3, 0.4) is 0 Å². The average molecular weight is 328 g/mol. The van der Waals surface area contributed by atoms with E-state index in [1.807, 2.05) is 38.1 Å². The maximum absolute atomic E-state index is 12.9. The third-order valence-corrected chi connectivity index (χ3v) is 4.66. The molecule has 1 aliphatic rings. The van der Waals surface area contributed by atoms with E-state index in [-0.39, 0.29) is 23.6 Å². The average Bonchev–Trinajstić information content (AvgIpc) is 2.96. The van der Waals surface area contributed by atoms with E-state index in [1.54, 1.807) is 4.90 Å². The molecule has 0 aliphatic carbocycles. The molecule has 1 aromatic carbocycles. The second-order valence-electron chi connectivity index (χ2n) is 6.60. The highest BCUT2D eigenvalue weighted by Crippen LogP contribution is 2.21. The van der Waals surface area contributed by atoms with Crippen LogP contribution >= 0.6 is 0 Å². The molecule has 2 atom stereocenters. The standard InChI is InChI=1S/C18H24N4O2/c1-12-6-8-14(9-7-12)22-17(23)11-15(20-22)18(24)21-10-4-3-5-16(21)13(2)19/h6-9,11,13,16,20H,3-5,10,19H2,1-2H3. The van der Waals surface area contributed by atoms with Crippen molar-refractivity contribution in [2.45, 2.75) is 45.2 Å². The first-order valence-electron chi connectivity index (χ1n) is 8.43. The minimum Gasteiger partial charge on any atom is -0.333 e. The third-order valence-electron chi connectivity index (χ3n) is 4.66. The first kappa shape index (κ1) is 16.5. The topological polar surface area (TPSA) is 84.1 Å². The summed E-state index contributed by atoms with van der Waals surface area (Å²) in [7, 11) is 0. The van der Waals surface area contributed by atoms with Gasteiger partial charge in [-0.2, -0.15) is 0 Å². The maximum Gasteiger partial charge on any atom is 0.272 e. The van der Waals surface area contributed by atoms with Crippen molar-refractivity contribution in [1.82, 2.24) is 14.7 Å². The number of aromatic nitrogens is 2. The highest BCUT2D eigenvalue weighted by atomic mass is 16.2. The van der Waals surface area contributed by atoms with Crippen molar-refractivity contribution in [3.05, 3.63) is 51.9 Å². The normalized spacial score (nSPS) is 19.3. The van der Waals surface area contributed by atoms with Crippen molar-refractivity contribution in [1.29, 1.82) is 0 Å². The number of hydrogen-bond donors (Lipinski definition) is 2. The van der Waals surface area contributed by atoms with Gasteiger partial charge in [0.2, 0.25) is 0 Å². The van der Waals surface area contributed by atoms with Crippen LogP contribution < -0.4 is 11.3 Å². The largest absolute Gasteiger partial charge is 0.333 e. The van der Waals surface area contributed by atoms with Gasteiger partial charge in [0.15, 0.2) is 0 Å². The van der Waals surface area contributed by atoms with Crippen molar-refractivity contribution in [3.63, 3.8) is 0 Å². The fourth-order valence-corrected chi connectivity index (χ4v) is 3.30. The Morgan fingerprint density at radius 2 is 2.00 bits per heavy atom. The van der Waals surface area contributed by atoms with Crippen molar-refractivity contribution in [2.24, 2.45) is 5.73 Å². The van der Waals surface area contributed by atoms with Crippen molar-refractivity contribution in [2.75, 3.05) is 6.54 Å². The van der Waals surface area contributed by atoms with Gasteiger partial charge in [0.1, 0.15) is 5.69 Å². The Hall–Kier alpha value is -2.34. The molecule has 128 valence electrons. The minimum absolute atomic E-state index is 0.0254. The quantitative estimate of drug-likeness (QED) is 0.901. The fourth-order valence-electron chi connectivity index (χ4n) is 3.30. The molecule has 0 spiro atoms. The predicted octanol–water partition coefficient (Wildman–Crippen LogP) is 1.82. The lowest BCUT2D eigenvalue weighted by atomic mass is 9.96. The Kier molecular flexibility index (Phi) is 4.57. The molecular formula is C18H24N4O2. The van der Waals surface area contributed by atoms with E-state index in [0.717, 1.165) is 24.8 Å². The fraction of sp³-hybridized carbons (Fsp3) is 0.444. The Bertz CT molecular complexity index is 773. The van der Waals surface area contributed by atoms with E-state index in [2.05, 4.69) is 5.10 Å². The first-order chi connectivity index (χ1) is 11.5. The number of aryl methyl sites for hydroxylation is 1. The summed E-state index contributed by atoms with van der Waals surface area (Å²) in [5.74, 6) is -0.153. The third kappa shape index (κ3) is 3.14. The van der Waals surface area contributed by atoms with Crippen molar-refractivity contribution < 1.29 is 4.79 Å². The lowest BCUT2D eigenvalue weighted by Gasteiger charge is -2.37. The molecule has 6 heteroatoms. The van der Waals surface area contributed by atoms with Crippen LogP contribution in [0.4, 0.5) is 0 Å². The van der Waals surface area contributed by atoms with E-state index in [0.29, 0.717) is 17.9 Å². The molecule has 2 unspecified atom stereocenters. The zero-order valence-electron chi connectivity index (χ0n) is 14.2. The first-order valence-corrected chi connectivity index (χ1v) is 8.43. The monoisotopic (exact) mass is 328 g/mol. The number of likely N-dealkylation sites (tertiary alicyclic amines) is 1. The van der Waals surface area contributed by atoms with Gasteiger partial charge in [-0.25, -0.2) is 4.68 Å². The molecule has 1 saturated heterocycles. The number of piperidine rings is 1. The van der Waals surface area contributed by atoms with Gasteiger partial charge in [-0.05, 0) is 45.2 Å². The van der Waals surface area contributed by atoms with Crippen LogP contribution in [0.15, 0.2) is 35.1 Å². The van der Waals surface area contributed by atoms with E-state index in [4.69, 9.17) is 5.73 Å². The van der Waals surface area contributed by atoms with Gasteiger partial charge >= 0.3 is 0 Å². The SMILES string of the molecule is Cc1ccc(-n2[nH]c(C(=O)N3CCCCC3C(C)N)cc2=O)cc1. The lowest BCUT2D eigenvalue weighted by Crippen LogP contribution is -2.51. The molecule has 0 saturated carbocycles. The van der Waals surface area contributed by atoms with Crippen LogP contribution in [-0.2, 0) is 0 Å². The molecule has 0 radical (unpaired) electrons. The molecule has 2 aromatic rings. The number of nitrogens with two attached hydrogens (primary N) is 1. The smallest absolute Gasteiger partial charge is 0.272 e. The summed E-state index contributed by atoms with van der Waals surface area (Å²) in [4.78, 5) is 26.9. The molecule has 6 nitrogen and oxygen atoms in total. The number of aromatic amines is 1. The number of amides is 1. The molecule has 24 heavy (non-hydrogen) atoms. The molecule has 1 amide bonds.